The van der Waals surface area contributed by atoms with E-state index in [1.54, 1.807) is 0 Å². The van der Waals surface area contributed by atoms with Crippen molar-refractivity contribution in [3.05, 3.63) is 215 Å². The van der Waals surface area contributed by atoms with Gasteiger partial charge < -0.3 is 30.7 Å². The van der Waals surface area contributed by atoms with Gasteiger partial charge in [0.25, 0.3) is 0 Å². The van der Waals surface area contributed by atoms with Gasteiger partial charge in [-0.15, -0.1) is 0 Å². The van der Waals surface area contributed by atoms with Crippen LogP contribution >= 0.6 is 0 Å². The molecule has 0 radical (unpaired) electrons. The molecule has 6 heteroatoms. The van der Waals surface area contributed by atoms with Crippen LogP contribution in [-0.4, -0.2) is 21.1 Å². The SMILES string of the molecule is CN1C(c2cc(C3=C(c4ccccc4)Nc4ccccc4N3C)cc(C3=C(c4ccccc4)Nc4ccccc4N3C)c2)=C(c2ccccc2)Nc2ccccc21. The highest BCUT2D eigenvalue weighted by atomic mass is 15.2. The molecule has 57 heavy (non-hydrogen) atoms. The largest absolute Gasteiger partial charge is 0.352 e. The van der Waals surface area contributed by atoms with E-state index in [0.717, 1.165) is 102 Å². The van der Waals surface area contributed by atoms with Crippen LogP contribution in [0.1, 0.15) is 33.4 Å². The molecule has 276 valence electrons. The Bertz CT molecular complexity index is 2440. The maximum atomic E-state index is 3.87. The molecule has 3 N–H and O–H groups in total. The summed E-state index contributed by atoms with van der Waals surface area (Å²) in [6.45, 7) is 0. The van der Waals surface area contributed by atoms with Crippen LogP contribution in [0.5, 0.6) is 0 Å². The molecule has 3 heterocycles. The van der Waals surface area contributed by atoms with Crippen LogP contribution in [0.2, 0.25) is 0 Å². The van der Waals surface area contributed by atoms with Crippen LogP contribution in [0.15, 0.2) is 182 Å². The monoisotopic (exact) mass is 738 g/mol. The van der Waals surface area contributed by atoms with Crippen molar-refractivity contribution < 1.29 is 0 Å². The minimum Gasteiger partial charge on any atom is -0.352 e. The molecule has 6 nitrogen and oxygen atoms in total. The van der Waals surface area contributed by atoms with Gasteiger partial charge in [0, 0.05) is 54.5 Å². The van der Waals surface area contributed by atoms with Gasteiger partial charge in [0.05, 0.1) is 68.3 Å². The van der Waals surface area contributed by atoms with Crippen molar-refractivity contribution in [2.45, 2.75) is 0 Å². The maximum Gasteiger partial charge on any atom is 0.0728 e. The summed E-state index contributed by atoms with van der Waals surface area (Å²) in [5.41, 5.74) is 19.6. The normalized spacial score (nSPS) is 14.7. The van der Waals surface area contributed by atoms with Crippen molar-refractivity contribution in [2.24, 2.45) is 0 Å². The van der Waals surface area contributed by atoms with Crippen LogP contribution in [0.3, 0.4) is 0 Å². The number of benzene rings is 7. The van der Waals surface area contributed by atoms with E-state index in [1.165, 1.54) is 0 Å². The summed E-state index contributed by atoms with van der Waals surface area (Å²) in [6.07, 6.45) is 0. The fourth-order valence-corrected chi connectivity index (χ4v) is 8.55. The summed E-state index contributed by atoms with van der Waals surface area (Å²) in [5, 5.41) is 11.6. The minimum atomic E-state index is 1.05. The molecular formula is C51H42N6. The zero-order chi connectivity index (χ0) is 38.5. The van der Waals surface area contributed by atoms with Gasteiger partial charge in [-0.25, -0.2) is 0 Å². The Morgan fingerprint density at radius 1 is 0.281 bits per heavy atom. The molecule has 7 aromatic carbocycles. The minimum absolute atomic E-state index is 1.05. The standard InChI is InChI=1S/C51H42N6/c1-55-43-28-16-13-25-40(43)52-46(34-19-7-4-8-20-34)49(55)37-31-38(50-47(35-21-9-5-10-22-35)53-41-26-14-17-29-44(41)56(50)2)33-39(32-37)51-48(36-23-11-6-12-24-36)54-42-27-15-18-30-45(42)57(51)3/h4-33,52-54H,1-3H3. The molecule has 0 saturated heterocycles. The first-order chi connectivity index (χ1) is 28.0. The summed E-state index contributed by atoms with van der Waals surface area (Å²) in [6, 6.07) is 64.7. The number of hydrogen-bond donors (Lipinski definition) is 3. The molecule has 0 fully saturated rings. The van der Waals surface area contributed by atoms with Gasteiger partial charge in [-0.1, -0.05) is 127 Å². The Morgan fingerprint density at radius 2 is 0.526 bits per heavy atom. The lowest BCUT2D eigenvalue weighted by molar-refractivity contribution is 1.17. The Balaban J connectivity index is 1.30. The molecule has 0 amide bonds. The summed E-state index contributed by atoms with van der Waals surface area (Å²) in [5.74, 6) is 0. The van der Waals surface area contributed by atoms with E-state index < -0.39 is 0 Å². The fourth-order valence-electron chi connectivity index (χ4n) is 8.55. The van der Waals surface area contributed by atoms with Crippen LogP contribution in [0, 0.1) is 0 Å². The zero-order valence-electron chi connectivity index (χ0n) is 32.2. The quantitative estimate of drug-likeness (QED) is 0.158. The number of nitrogens with one attached hydrogen (secondary N) is 3. The van der Waals surface area contributed by atoms with Crippen molar-refractivity contribution >= 4 is 68.3 Å². The third kappa shape index (κ3) is 5.90. The summed E-state index contributed by atoms with van der Waals surface area (Å²) in [7, 11) is 6.55. The average molecular weight is 739 g/mol. The van der Waals surface area contributed by atoms with Crippen molar-refractivity contribution in [1.29, 1.82) is 0 Å². The molecule has 3 aliphatic heterocycles. The first-order valence-corrected chi connectivity index (χ1v) is 19.4. The maximum absolute atomic E-state index is 3.87. The molecule has 0 atom stereocenters. The van der Waals surface area contributed by atoms with Crippen molar-refractivity contribution in [3.63, 3.8) is 0 Å². The van der Waals surface area contributed by atoms with E-state index in [9.17, 15) is 0 Å². The summed E-state index contributed by atoms with van der Waals surface area (Å²) < 4.78 is 0. The Labute approximate surface area is 334 Å². The number of rotatable bonds is 6. The number of fused-ring (bicyclic) bond motifs is 3. The van der Waals surface area contributed by atoms with Gasteiger partial charge in [-0.05, 0) is 54.6 Å². The lowest BCUT2D eigenvalue weighted by atomic mass is 9.91. The second-order valence-electron chi connectivity index (χ2n) is 14.7. The Hall–Kier alpha value is -7.44. The van der Waals surface area contributed by atoms with Gasteiger partial charge in [0.2, 0.25) is 0 Å². The van der Waals surface area contributed by atoms with Crippen molar-refractivity contribution in [1.82, 2.24) is 0 Å². The third-order valence-electron chi connectivity index (χ3n) is 11.2. The highest BCUT2D eigenvalue weighted by Crippen LogP contribution is 2.48. The number of para-hydroxylation sites is 6. The number of hydrogen-bond acceptors (Lipinski definition) is 6. The van der Waals surface area contributed by atoms with E-state index in [0.29, 0.717) is 0 Å². The number of anilines is 6. The highest BCUT2D eigenvalue weighted by Gasteiger charge is 2.31. The Kier molecular flexibility index (Phi) is 8.37. The van der Waals surface area contributed by atoms with Gasteiger partial charge in [-0.3, -0.25) is 0 Å². The molecule has 0 bridgehead atoms. The second kappa shape index (κ2) is 14.0. The molecular weight excluding hydrogens is 697 g/mol. The highest BCUT2D eigenvalue weighted by molar-refractivity contribution is 6.12. The Morgan fingerprint density at radius 3 is 0.807 bits per heavy atom. The topological polar surface area (TPSA) is 45.8 Å². The lowest BCUT2D eigenvalue weighted by Gasteiger charge is -2.37. The summed E-state index contributed by atoms with van der Waals surface area (Å²) >= 11 is 0. The molecule has 0 unspecified atom stereocenters. The van der Waals surface area contributed by atoms with E-state index in [2.05, 4.69) is 234 Å². The average Bonchev–Trinajstić information content (AvgIpc) is 3.27. The van der Waals surface area contributed by atoms with Gasteiger partial charge >= 0.3 is 0 Å². The molecule has 0 spiro atoms. The van der Waals surface area contributed by atoms with Crippen LogP contribution in [-0.2, 0) is 0 Å². The van der Waals surface area contributed by atoms with Crippen LogP contribution < -0.4 is 30.7 Å². The third-order valence-corrected chi connectivity index (χ3v) is 11.2. The molecule has 0 saturated carbocycles. The van der Waals surface area contributed by atoms with E-state index in [4.69, 9.17) is 0 Å². The van der Waals surface area contributed by atoms with Gasteiger partial charge in [0.15, 0.2) is 0 Å². The molecule has 0 aromatic heterocycles. The number of nitrogens with zero attached hydrogens (tertiary/aromatic N) is 3. The first kappa shape index (κ1) is 34.1. The molecule has 0 aliphatic carbocycles. The predicted molar refractivity (Wildman–Crippen MR) is 242 cm³/mol. The second-order valence-corrected chi connectivity index (χ2v) is 14.7. The molecule has 3 aliphatic rings. The smallest absolute Gasteiger partial charge is 0.0728 e. The van der Waals surface area contributed by atoms with E-state index in [1.807, 2.05) is 0 Å². The lowest BCUT2D eigenvalue weighted by Crippen LogP contribution is -2.27. The van der Waals surface area contributed by atoms with Crippen LogP contribution in [0.25, 0.3) is 34.2 Å². The summed E-state index contributed by atoms with van der Waals surface area (Å²) in [4.78, 5) is 7.02. The van der Waals surface area contributed by atoms with E-state index in [-0.39, 0.29) is 0 Å². The molecule has 10 rings (SSSR count). The van der Waals surface area contributed by atoms with Gasteiger partial charge in [0.1, 0.15) is 0 Å². The molecule has 7 aromatic rings. The van der Waals surface area contributed by atoms with Gasteiger partial charge in [-0.2, -0.15) is 0 Å². The van der Waals surface area contributed by atoms with Crippen LogP contribution in [0.4, 0.5) is 34.1 Å². The zero-order valence-corrected chi connectivity index (χ0v) is 32.2. The van der Waals surface area contributed by atoms with E-state index >= 15 is 0 Å². The van der Waals surface area contributed by atoms with Crippen molar-refractivity contribution in [2.75, 3.05) is 51.8 Å². The predicted octanol–water partition coefficient (Wildman–Crippen LogP) is 11.8. The first-order valence-electron chi connectivity index (χ1n) is 19.4. The fraction of sp³-hybridized carbons (Fsp3) is 0.0588. The van der Waals surface area contributed by atoms with Crippen molar-refractivity contribution in [3.8, 4) is 0 Å².